The fourth-order valence-corrected chi connectivity index (χ4v) is 3.04. The van der Waals surface area contributed by atoms with Gasteiger partial charge in [0.05, 0.1) is 11.4 Å². The maximum atomic E-state index is 4.56. The molecule has 156 valence electrons. The average Bonchev–Trinajstić information content (AvgIpc) is 3.12. The largest absolute Gasteiger partial charge is 0.324 e. The number of aryl methyl sites for hydroxylation is 3. The van der Waals surface area contributed by atoms with Crippen LogP contribution in [0, 0.1) is 20.8 Å². The van der Waals surface area contributed by atoms with E-state index in [1.807, 2.05) is 88.4 Å². The molecule has 0 fully saturated rings. The zero-order valence-corrected chi connectivity index (χ0v) is 18.0. The number of benzene rings is 2. The lowest BCUT2D eigenvalue weighted by Crippen LogP contribution is -2.11. The Bertz CT molecular complexity index is 1210. The van der Waals surface area contributed by atoms with Gasteiger partial charge >= 0.3 is 0 Å². The van der Waals surface area contributed by atoms with Gasteiger partial charge in [-0.3, -0.25) is 0 Å². The zero-order chi connectivity index (χ0) is 21.8. The lowest BCUT2D eigenvalue weighted by molar-refractivity contribution is 0.767. The summed E-state index contributed by atoms with van der Waals surface area (Å²) in [6.07, 6.45) is 0. The summed E-state index contributed by atoms with van der Waals surface area (Å²) in [7, 11) is 0. The van der Waals surface area contributed by atoms with E-state index in [-0.39, 0.29) is 0 Å². The van der Waals surface area contributed by atoms with Crippen molar-refractivity contribution in [3.05, 3.63) is 83.2 Å². The van der Waals surface area contributed by atoms with Gasteiger partial charge in [-0.25, -0.2) is 10.1 Å². The van der Waals surface area contributed by atoms with Crippen LogP contribution in [-0.4, -0.2) is 30.4 Å². The SMILES string of the molecule is C/C(=N/Nc1nc(Nc2ccc(C)cc2)nc(-n2nc(C)cc2C)n1)c1ccccc1. The molecule has 0 atom stereocenters. The highest BCUT2D eigenvalue weighted by atomic mass is 15.4. The van der Waals surface area contributed by atoms with E-state index >= 15 is 0 Å². The fourth-order valence-electron chi connectivity index (χ4n) is 3.04. The minimum Gasteiger partial charge on any atom is -0.324 e. The molecule has 0 saturated carbocycles. The van der Waals surface area contributed by atoms with Gasteiger partial charge in [0.15, 0.2) is 0 Å². The quantitative estimate of drug-likeness (QED) is 0.356. The summed E-state index contributed by atoms with van der Waals surface area (Å²) in [5.41, 5.74) is 8.67. The summed E-state index contributed by atoms with van der Waals surface area (Å²) < 4.78 is 1.69. The predicted octanol–water partition coefficient (Wildman–Crippen LogP) is 4.56. The second-order valence-corrected chi connectivity index (χ2v) is 7.29. The van der Waals surface area contributed by atoms with Gasteiger partial charge in [0.25, 0.3) is 5.95 Å². The molecule has 0 radical (unpaired) electrons. The Labute approximate surface area is 181 Å². The van der Waals surface area contributed by atoms with Gasteiger partial charge in [0.1, 0.15) is 0 Å². The normalized spacial score (nSPS) is 11.4. The van der Waals surface area contributed by atoms with Crippen LogP contribution in [0.15, 0.2) is 65.8 Å². The van der Waals surface area contributed by atoms with E-state index in [2.05, 4.69) is 35.9 Å². The smallest absolute Gasteiger partial charge is 0.257 e. The zero-order valence-electron chi connectivity index (χ0n) is 18.0. The number of hydrazone groups is 1. The lowest BCUT2D eigenvalue weighted by atomic mass is 10.1. The molecule has 2 aromatic carbocycles. The van der Waals surface area contributed by atoms with Crippen molar-refractivity contribution in [2.45, 2.75) is 27.7 Å². The Morgan fingerprint density at radius 1 is 0.871 bits per heavy atom. The molecule has 31 heavy (non-hydrogen) atoms. The molecule has 8 heteroatoms. The van der Waals surface area contributed by atoms with Crippen molar-refractivity contribution in [1.82, 2.24) is 24.7 Å². The van der Waals surface area contributed by atoms with Crippen molar-refractivity contribution in [1.29, 1.82) is 0 Å². The van der Waals surface area contributed by atoms with Crippen LogP contribution >= 0.6 is 0 Å². The van der Waals surface area contributed by atoms with Crippen LogP contribution in [0.1, 0.15) is 29.4 Å². The van der Waals surface area contributed by atoms with E-state index in [0.717, 1.165) is 28.4 Å². The Morgan fingerprint density at radius 3 is 2.26 bits per heavy atom. The van der Waals surface area contributed by atoms with Crippen molar-refractivity contribution < 1.29 is 0 Å². The van der Waals surface area contributed by atoms with Crippen LogP contribution in [0.2, 0.25) is 0 Å². The van der Waals surface area contributed by atoms with E-state index in [1.54, 1.807) is 4.68 Å². The molecule has 4 rings (SSSR count). The van der Waals surface area contributed by atoms with Gasteiger partial charge in [-0.15, -0.1) is 0 Å². The summed E-state index contributed by atoms with van der Waals surface area (Å²) >= 11 is 0. The minimum atomic E-state index is 0.322. The summed E-state index contributed by atoms with van der Waals surface area (Å²) in [5, 5.41) is 12.2. The van der Waals surface area contributed by atoms with Crippen LogP contribution in [-0.2, 0) is 0 Å². The number of nitrogens with one attached hydrogen (secondary N) is 2. The molecule has 0 aliphatic rings. The lowest BCUT2D eigenvalue weighted by Gasteiger charge is -2.10. The van der Waals surface area contributed by atoms with Crippen LogP contribution < -0.4 is 10.7 Å². The first-order valence-corrected chi connectivity index (χ1v) is 9.97. The van der Waals surface area contributed by atoms with Crippen LogP contribution in [0.5, 0.6) is 0 Å². The van der Waals surface area contributed by atoms with Crippen molar-refractivity contribution in [3.63, 3.8) is 0 Å². The molecule has 0 aliphatic carbocycles. The van der Waals surface area contributed by atoms with Gasteiger partial charge in [0, 0.05) is 11.4 Å². The Morgan fingerprint density at radius 2 is 1.58 bits per heavy atom. The molecule has 4 aromatic rings. The molecule has 0 amide bonds. The van der Waals surface area contributed by atoms with E-state index in [4.69, 9.17) is 0 Å². The first kappa shape index (κ1) is 20.2. The number of hydrogen-bond acceptors (Lipinski definition) is 7. The molecule has 8 nitrogen and oxygen atoms in total. The third kappa shape index (κ3) is 4.92. The molecule has 0 aliphatic heterocycles. The first-order valence-electron chi connectivity index (χ1n) is 9.97. The van der Waals surface area contributed by atoms with Crippen molar-refractivity contribution >= 4 is 23.3 Å². The fraction of sp³-hybridized carbons (Fsp3) is 0.174. The van der Waals surface area contributed by atoms with Crippen molar-refractivity contribution in [2.75, 3.05) is 10.7 Å². The topological polar surface area (TPSA) is 92.9 Å². The highest BCUT2D eigenvalue weighted by molar-refractivity contribution is 5.98. The molecule has 0 bridgehead atoms. The molecule has 2 N–H and O–H groups in total. The number of aromatic nitrogens is 5. The summed E-state index contributed by atoms with van der Waals surface area (Å²) in [6.45, 7) is 7.87. The second kappa shape index (κ2) is 8.74. The maximum Gasteiger partial charge on any atom is 0.257 e. The third-order valence-electron chi connectivity index (χ3n) is 4.65. The van der Waals surface area contributed by atoms with Gasteiger partial charge < -0.3 is 5.32 Å². The molecule has 2 aromatic heterocycles. The predicted molar refractivity (Wildman–Crippen MR) is 123 cm³/mol. The van der Waals surface area contributed by atoms with Gasteiger partial charge in [-0.05, 0) is 51.5 Å². The summed E-state index contributed by atoms with van der Waals surface area (Å²) in [4.78, 5) is 13.6. The standard InChI is InChI=1S/C23H24N8/c1-15-10-12-20(13-11-15)24-21-25-22(29-28-18(4)19-8-6-5-7-9-19)27-23(26-21)31-17(3)14-16(2)30-31/h5-14H,1-4H3,(H2,24,25,26,27,29)/b28-18-. The monoisotopic (exact) mass is 412 g/mol. The highest BCUT2D eigenvalue weighted by Gasteiger charge is 2.12. The molecular formula is C23H24N8. The van der Waals surface area contributed by atoms with E-state index < -0.39 is 0 Å². The average molecular weight is 413 g/mol. The summed E-state index contributed by atoms with van der Waals surface area (Å²) in [6, 6.07) is 19.9. The van der Waals surface area contributed by atoms with E-state index in [0.29, 0.717) is 17.8 Å². The van der Waals surface area contributed by atoms with Crippen molar-refractivity contribution in [2.24, 2.45) is 5.10 Å². The number of hydrogen-bond donors (Lipinski definition) is 2. The molecule has 2 heterocycles. The second-order valence-electron chi connectivity index (χ2n) is 7.29. The van der Waals surface area contributed by atoms with Gasteiger partial charge in [-0.2, -0.15) is 25.2 Å². The van der Waals surface area contributed by atoms with Gasteiger partial charge in [-0.1, -0.05) is 48.0 Å². The summed E-state index contributed by atoms with van der Waals surface area (Å²) in [5.74, 6) is 1.13. The molecule has 0 unspecified atom stereocenters. The van der Waals surface area contributed by atoms with Gasteiger partial charge in [0.2, 0.25) is 11.9 Å². The van der Waals surface area contributed by atoms with Crippen molar-refractivity contribution in [3.8, 4) is 5.95 Å². The Balaban J connectivity index is 1.68. The minimum absolute atomic E-state index is 0.322. The van der Waals surface area contributed by atoms with Crippen LogP contribution in [0.25, 0.3) is 5.95 Å². The van der Waals surface area contributed by atoms with E-state index in [1.165, 1.54) is 5.56 Å². The number of nitrogens with zero attached hydrogens (tertiary/aromatic N) is 6. The number of rotatable bonds is 6. The third-order valence-corrected chi connectivity index (χ3v) is 4.65. The number of anilines is 3. The van der Waals surface area contributed by atoms with E-state index in [9.17, 15) is 0 Å². The van der Waals surface area contributed by atoms with Crippen LogP contribution in [0.4, 0.5) is 17.6 Å². The molecule has 0 saturated heterocycles. The Kier molecular flexibility index (Phi) is 5.70. The maximum absolute atomic E-state index is 4.56. The Hall–Kier alpha value is -4.07. The van der Waals surface area contributed by atoms with Crippen LogP contribution in [0.3, 0.4) is 0 Å². The molecular weight excluding hydrogens is 388 g/mol. The highest BCUT2D eigenvalue weighted by Crippen LogP contribution is 2.17. The first-order chi connectivity index (χ1) is 15.0. The molecule has 0 spiro atoms.